The summed E-state index contributed by atoms with van der Waals surface area (Å²) in [5.74, 6) is 1.44. The first kappa shape index (κ1) is 30.9. The fourth-order valence-corrected chi connectivity index (χ4v) is 6.85. The van der Waals surface area contributed by atoms with Crippen molar-refractivity contribution in [2.45, 2.75) is 78.3 Å². The van der Waals surface area contributed by atoms with Gasteiger partial charge in [-0.2, -0.15) is 0 Å². The molecule has 4 heterocycles. The topological polar surface area (TPSA) is 139 Å². The highest BCUT2D eigenvalue weighted by molar-refractivity contribution is 5.81. The summed E-state index contributed by atoms with van der Waals surface area (Å²) in [5.41, 5.74) is 9.81. The third-order valence-electron chi connectivity index (χ3n) is 8.79. The lowest BCUT2D eigenvalue weighted by Crippen LogP contribution is -2.56. The van der Waals surface area contributed by atoms with Gasteiger partial charge in [0.2, 0.25) is 12.7 Å². The molecule has 2 aromatic rings. The zero-order valence-corrected chi connectivity index (χ0v) is 26.2. The van der Waals surface area contributed by atoms with E-state index >= 15 is 0 Å². The monoisotopic (exact) mass is 597 g/mol. The lowest BCUT2D eigenvalue weighted by molar-refractivity contribution is -0.132. The van der Waals surface area contributed by atoms with Crippen LogP contribution in [0.25, 0.3) is 0 Å². The molecule has 1 amide bonds. The largest absolute Gasteiger partial charge is 0.504 e. The first-order chi connectivity index (χ1) is 20.5. The first-order valence-corrected chi connectivity index (χ1v) is 14.8. The Balaban J connectivity index is 0.00000180. The van der Waals surface area contributed by atoms with E-state index in [1.165, 1.54) is 6.92 Å². The maximum Gasteiger partial charge on any atom is 0.308 e. The van der Waals surface area contributed by atoms with E-state index in [0.29, 0.717) is 41.5 Å². The molecule has 3 unspecified atom stereocenters. The van der Waals surface area contributed by atoms with Crippen molar-refractivity contribution in [1.82, 2.24) is 20.2 Å². The van der Waals surface area contributed by atoms with Crippen molar-refractivity contribution in [1.29, 1.82) is 0 Å². The summed E-state index contributed by atoms with van der Waals surface area (Å²) in [5, 5.41) is 18.9. The number of benzene rings is 2. The van der Waals surface area contributed by atoms with Gasteiger partial charge in [0.25, 0.3) is 0 Å². The number of nitrogens with two attached hydrogens (primary N) is 1. The van der Waals surface area contributed by atoms with Gasteiger partial charge in [-0.25, -0.2) is 10.0 Å². The second kappa shape index (κ2) is 11.8. The predicted octanol–water partition coefficient (Wildman–Crippen LogP) is 2.67. The lowest BCUT2D eigenvalue weighted by atomic mass is 9.79. The van der Waals surface area contributed by atoms with Crippen molar-refractivity contribution < 1.29 is 33.6 Å². The molecular formula is C31H43N5O7. The van der Waals surface area contributed by atoms with E-state index in [4.69, 9.17) is 24.7 Å². The minimum Gasteiger partial charge on any atom is -0.504 e. The number of esters is 1. The predicted molar refractivity (Wildman–Crippen MR) is 159 cm³/mol. The van der Waals surface area contributed by atoms with E-state index in [2.05, 4.69) is 20.2 Å². The highest BCUT2D eigenvalue weighted by Crippen LogP contribution is 2.58. The van der Waals surface area contributed by atoms with Gasteiger partial charge in [0, 0.05) is 55.4 Å². The molecule has 7 atom stereocenters. The van der Waals surface area contributed by atoms with Crippen molar-refractivity contribution in [2.24, 2.45) is 5.73 Å². The van der Waals surface area contributed by atoms with Crippen LogP contribution < -0.4 is 30.0 Å². The number of aromatic hydroxyl groups is 1. The normalized spacial score (nSPS) is 27.0. The van der Waals surface area contributed by atoms with Gasteiger partial charge in [-0.15, -0.1) is 0 Å². The van der Waals surface area contributed by atoms with Crippen molar-refractivity contribution in [3.63, 3.8) is 0 Å². The van der Waals surface area contributed by atoms with Crippen LogP contribution in [0.15, 0.2) is 12.1 Å². The second-order valence-electron chi connectivity index (χ2n) is 11.3. The molecule has 4 aliphatic rings. The van der Waals surface area contributed by atoms with Crippen LogP contribution in [0.5, 0.6) is 28.7 Å². The number of phenols is 1. The molecule has 2 fully saturated rings. The van der Waals surface area contributed by atoms with Crippen LogP contribution in [-0.2, 0) is 16.0 Å². The Labute approximate surface area is 252 Å². The number of carbonyl (C=O) groups excluding carboxylic acids is 2. The summed E-state index contributed by atoms with van der Waals surface area (Å²) in [6.07, 6.45) is 0.601. The molecule has 4 N–H and O–H groups in total. The minimum atomic E-state index is -0.676. The molecule has 0 aromatic heterocycles. The number of nitrogens with zero attached hydrogens (tertiary/aromatic N) is 3. The van der Waals surface area contributed by atoms with Crippen molar-refractivity contribution in [2.75, 3.05) is 34.0 Å². The zero-order valence-electron chi connectivity index (χ0n) is 26.2. The standard InChI is InChI=1S/C29H37N5O7.C2H6/c1-13-7-8-17(24(36)25(13)38-6)23-19-9-18-22(28-27(39-12-40-28)14(2)26(18)41-16(4)35)20(10-31-29(37)15(3)30)33(19)11-21-32(5)34(21)23;1-2/h7-8,15,19-21,23,36H,9-12,30H2,1-6H3,(H,31,37);1-2H3/t15-,19?,20+,21+,23-,32?,34?;/m0./s1. The van der Waals surface area contributed by atoms with Gasteiger partial charge in [-0.3, -0.25) is 14.5 Å². The van der Waals surface area contributed by atoms with E-state index in [1.807, 2.05) is 46.9 Å². The summed E-state index contributed by atoms with van der Waals surface area (Å²) < 4.78 is 23.3. The fourth-order valence-electron chi connectivity index (χ4n) is 6.85. The van der Waals surface area contributed by atoms with Crippen LogP contribution in [-0.4, -0.2) is 84.2 Å². The number of ether oxygens (including phenoxy) is 4. The smallest absolute Gasteiger partial charge is 0.308 e. The number of aryl methyl sites for hydroxylation is 1. The molecule has 4 aliphatic heterocycles. The molecule has 0 saturated carbocycles. The lowest BCUT2D eigenvalue weighted by Gasteiger charge is -2.49. The number of rotatable bonds is 6. The van der Waals surface area contributed by atoms with Crippen LogP contribution in [0.2, 0.25) is 0 Å². The molecule has 2 aromatic carbocycles. The third-order valence-corrected chi connectivity index (χ3v) is 8.79. The molecule has 43 heavy (non-hydrogen) atoms. The van der Waals surface area contributed by atoms with Gasteiger partial charge in [0.15, 0.2) is 23.0 Å². The van der Waals surface area contributed by atoms with E-state index in [1.54, 1.807) is 14.0 Å². The number of methoxy groups -OCH3 is 1. The summed E-state index contributed by atoms with van der Waals surface area (Å²) in [4.78, 5) is 27.3. The van der Waals surface area contributed by atoms with Gasteiger partial charge < -0.3 is 35.1 Å². The molecule has 0 radical (unpaired) electrons. The molecular weight excluding hydrogens is 554 g/mol. The number of carbonyl (C=O) groups is 2. The van der Waals surface area contributed by atoms with Gasteiger partial charge in [-0.05, 0) is 32.8 Å². The fraction of sp³-hybridized carbons (Fsp3) is 0.548. The minimum absolute atomic E-state index is 0.0489. The number of phenolic OH excluding ortho intramolecular Hbond substituents is 1. The Bertz CT molecular complexity index is 1430. The van der Waals surface area contributed by atoms with Gasteiger partial charge >= 0.3 is 5.97 Å². The number of hydrazine groups is 1. The number of likely N-dealkylation sites (N-methyl/N-ethyl adjacent to an activating group) is 1. The number of fused-ring (bicyclic) bond motifs is 5. The number of piperazine rings is 1. The number of nitrogens with one attached hydrogen (secondary N) is 1. The summed E-state index contributed by atoms with van der Waals surface area (Å²) in [6.45, 7) is 11.8. The Morgan fingerprint density at radius 1 is 1.19 bits per heavy atom. The average Bonchev–Trinajstić information content (AvgIpc) is 3.36. The van der Waals surface area contributed by atoms with Gasteiger partial charge in [0.1, 0.15) is 11.9 Å². The van der Waals surface area contributed by atoms with Gasteiger partial charge in [0.05, 0.1) is 25.2 Å². The van der Waals surface area contributed by atoms with E-state index in [0.717, 1.165) is 22.3 Å². The van der Waals surface area contributed by atoms with Crippen LogP contribution >= 0.6 is 0 Å². The molecule has 12 nitrogen and oxygen atoms in total. The molecule has 0 aliphatic carbocycles. The van der Waals surface area contributed by atoms with Crippen LogP contribution in [0.4, 0.5) is 0 Å². The molecule has 234 valence electrons. The van der Waals surface area contributed by atoms with Crippen LogP contribution in [0.1, 0.15) is 67.6 Å². The van der Waals surface area contributed by atoms with Crippen molar-refractivity contribution in [3.8, 4) is 28.7 Å². The SMILES string of the molecule is CC.COc1c(C)ccc([C@H]2C3Cc4c(OC(C)=O)c(C)c5c(c4[C@@H](CNC(=O)[C@H](C)N)N3C[C@@H]3N(C)N32)OCO5)c1O. The Morgan fingerprint density at radius 3 is 2.53 bits per heavy atom. The van der Waals surface area contributed by atoms with E-state index in [-0.39, 0.29) is 49.3 Å². The highest BCUT2D eigenvalue weighted by Gasteiger charge is 2.59. The third kappa shape index (κ3) is 5.05. The Hall–Kier alpha value is -3.58. The summed E-state index contributed by atoms with van der Waals surface area (Å²) >= 11 is 0. The Morgan fingerprint density at radius 2 is 1.88 bits per heavy atom. The maximum atomic E-state index is 12.7. The molecule has 0 spiro atoms. The van der Waals surface area contributed by atoms with E-state index < -0.39 is 12.0 Å². The second-order valence-corrected chi connectivity index (χ2v) is 11.3. The average molecular weight is 598 g/mol. The highest BCUT2D eigenvalue weighted by atomic mass is 16.7. The summed E-state index contributed by atoms with van der Waals surface area (Å²) in [7, 11) is 3.58. The summed E-state index contributed by atoms with van der Waals surface area (Å²) in [6, 6.07) is 2.48. The zero-order chi connectivity index (χ0) is 31.3. The van der Waals surface area contributed by atoms with Crippen molar-refractivity contribution >= 4 is 11.9 Å². The van der Waals surface area contributed by atoms with Crippen molar-refractivity contribution in [3.05, 3.63) is 39.9 Å². The molecule has 2 saturated heterocycles. The van der Waals surface area contributed by atoms with Crippen LogP contribution in [0.3, 0.4) is 0 Å². The first-order valence-electron chi connectivity index (χ1n) is 14.8. The van der Waals surface area contributed by atoms with E-state index in [9.17, 15) is 14.7 Å². The van der Waals surface area contributed by atoms with Gasteiger partial charge in [-0.1, -0.05) is 26.0 Å². The van der Waals surface area contributed by atoms with Crippen LogP contribution in [0, 0.1) is 13.8 Å². The quantitative estimate of drug-likeness (QED) is 0.257. The molecule has 0 bridgehead atoms. The Kier molecular flexibility index (Phi) is 8.50. The number of hydrogen-bond acceptors (Lipinski definition) is 11. The molecule has 12 heteroatoms. The molecule has 6 rings (SSSR count). The maximum absolute atomic E-state index is 12.7. The number of amides is 1. The number of hydrogen-bond donors (Lipinski definition) is 3.